The molecular formula is C10H21NO4. The number of aliphatic hydroxyl groups is 2. The van der Waals surface area contributed by atoms with Crippen LogP contribution < -0.4 is 0 Å². The van der Waals surface area contributed by atoms with Gasteiger partial charge in [-0.3, -0.25) is 4.79 Å². The van der Waals surface area contributed by atoms with Gasteiger partial charge in [-0.25, -0.2) is 0 Å². The van der Waals surface area contributed by atoms with Crippen LogP contribution in [0.5, 0.6) is 0 Å². The zero-order chi connectivity index (χ0) is 11.9. The monoisotopic (exact) mass is 219 g/mol. The zero-order valence-corrected chi connectivity index (χ0v) is 9.69. The quantitative estimate of drug-likeness (QED) is 0.638. The number of carbonyl (C=O) groups is 1. The summed E-state index contributed by atoms with van der Waals surface area (Å²) in [6.07, 6.45) is 0. The highest BCUT2D eigenvalue weighted by molar-refractivity contribution is 5.77. The van der Waals surface area contributed by atoms with Crippen molar-refractivity contribution >= 4 is 5.91 Å². The van der Waals surface area contributed by atoms with E-state index in [4.69, 9.17) is 14.9 Å². The topological polar surface area (TPSA) is 70.0 Å². The molecule has 1 amide bonds. The molecule has 0 aliphatic carbocycles. The third-order valence-electron chi connectivity index (χ3n) is 1.72. The average Bonchev–Trinajstić information content (AvgIpc) is 2.13. The minimum absolute atomic E-state index is 0.0243. The first-order chi connectivity index (χ1) is 6.90. The Bertz CT molecular complexity index is 182. The van der Waals surface area contributed by atoms with Crippen LogP contribution in [0.4, 0.5) is 0 Å². The van der Waals surface area contributed by atoms with E-state index in [1.165, 1.54) is 4.90 Å². The highest BCUT2D eigenvalue weighted by atomic mass is 16.5. The molecule has 0 bridgehead atoms. The van der Waals surface area contributed by atoms with Crippen LogP contribution in [0.3, 0.4) is 0 Å². The van der Waals surface area contributed by atoms with Crippen molar-refractivity contribution in [3.8, 4) is 0 Å². The molecule has 0 rings (SSSR count). The van der Waals surface area contributed by atoms with E-state index in [9.17, 15) is 4.79 Å². The van der Waals surface area contributed by atoms with E-state index in [-0.39, 0.29) is 44.4 Å². The fourth-order valence-corrected chi connectivity index (χ4v) is 0.972. The van der Waals surface area contributed by atoms with Crippen molar-refractivity contribution in [3.63, 3.8) is 0 Å². The molecular weight excluding hydrogens is 198 g/mol. The van der Waals surface area contributed by atoms with Crippen LogP contribution in [0.15, 0.2) is 0 Å². The van der Waals surface area contributed by atoms with Crippen molar-refractivity contribution in [1.82, 2.24) is 4.90 Å². The lowest BCUT2D eigenvalue weighted by Gasteiger charge is -2.24. The largest absolute Gasteiger partial charge is 0.395 e. The van der Waals surface area contributed by atoms with E-state index in [0.717, 1.165) is 0 Å². The van der Waals surface area contributed by atoms with Gasteiger partial charge in [0.1, 0.15) is 6.61 Å². The van der Waals surface area contributed by atoms with Gasteiger partial charge in [-0.1, -0.05) is 0 Å². The van der Waals surface area contributed by atoms with Gasteiger partial charge in [-0.15, -0.1) is 0 Å². The molecule has 5 heteroatoms. The van der Waals surface area contributed by atoms with Crippen molar-refractivity contribution in [2.45, 2.75) is 26.4 Å². The molecule has 0 unspecified atom stereocenters. The maximum absolute atomic E-state index is 11.5. The lowest BCUT2D eigenvalue weighted by Crippen LogP contribution is -2.39. The van der Waals surface area contributed by atoms with Crippen LogP contribution in [0, 0.1) is 0 Å². The summed E-state index contributed by atoms with van der Waals surface area (Å²) in [5, 5.41) is 17.4. The van der Waals surface area contributed by atoms with E-state index < -0.39 is 0 Å². The van der Waals surface area contributed by atoms with Gasteiger partial charge < -0.3 is 19.8 Å². The Morgan fingerprint density at radius 3 is 2.00 bits per heavy atom. The van der Waals surface area contributed by atoms with Gasteiger partial charge in [0.2, 0.25) is 5.91 Å². The first-order valence-electron chi connectivity index (χ1n) is 5.04. The molecule has 0 aliphatic rings. The summed E-state index contributed by atoms with van der Waals surface area (Å²) in [4.78, 5) is 12.9. The molecule has 0 aromatic heterocycles. The fourth-order valence-electron chi connectivity index (χ4n) is 0.972. The number of amides is 1. The fraction of sp³-hybridized carbons (Fsp3) is 0.900. The van der Waals surface area contributed by atoms with Crippen LogP contribution >= 0.6 is 0 Å². The number of hydrogen-bond donors (Lipinski definition) is 2. The van der Waals surface area contributed by atoms with E-state index in [0.29, 0.717) is 0 Å². The number of hydrogen-bond acceptors (Lipinski definition) is 4. The first kappa shape index (κ1) is 14.3. The van der Waals surface area contributed by atoms with Gasteiger partial charge in [-0.2, -0.15) is 0 Å². The number of rotatable bonds is 6. The zero-order valence-electron chi connectivity index (χ0n) is 9.69. The summed E-state index contributed by atoms with van der Waals surface area (Å²) in [5.74, 6) is -0.215. The molecule has 0 fully saturated rings. The van der Waals surface area contributed by atoms with Gasteiger partial charge in [0.25, 0.3) is 0 Å². The Kier molecular flexibility index (Phi) is 6.47. The van der Waals surface area contributed by atoms with Crippen LogP contribution in [0.2, 0.25) is 0 Å². The van der Waals surface area contributed by atoms with Crippen LogP contribution in [0.1, 0.15) is 20.8 Å². The Balaban J connectivity index is 4.02. The summed E-state index contributed by atoms with van der Waals surface area (Å²) in [7, 11) is 0. The second kappa shape index (κ2) is 6.76. The molecule has 2 N–H and O–H groups in total. The number of aliphatic hydroxyl groups excluding tert-OH is 2. The second-order valence-electron chi connectivity index (χ2n) is 4.23. The lowest BCUT2D eigenvalue weighted by atomic mass is 10.2. The van der Waals surface area contributed by atoms with Crippen LogP contribution in [-0.4, -0.2) is 59.5 Å². The Hall–Kier alpha value is -0.650. The van der Waals surface area contributed by atoms with Gasteiger partial charge >= 0.3 is 0 Å². The van der Waals surface area contributed by atoms with Gasteiger partial charge in [-0.05, 0) is 20.8 Å². The van der Waals surface area contributed by atoms with Crippen molar-refractivity contribution in [2.24, 2.45) is 0 Å². The SMILES string of the molecule is CC(C)(C)OCC(=O)N(CCO)CCO. The molecule has 0 heterocycles. The van der Waals surface area contributed by atoms with Gasteiger partial charge in [0.15, 0.2) is 0 Å². The molecule has 5 nitrogen and oxygen atoms in total. The molecule has 0 aromatic carbocycles. The van der Waals surface area contributed by atoms with Crippen LogP contribution in [-0.2, 0) is 9.53 Å². The smallest absolute Gasteiger partial charge is 0.248 e. The predicted molar refractivity (Wildman–Crippen MR) is 56.5 cm³/mol. The molecule has 0 radical (unpaired) electrons. The minimum Gasteiger partial charge on any atom is -0.395 e. The molecule has 0 aliphatic heterocycles. The maximum Gasteiger partial charge on any atom is 0.248 e. The highest BCUT2D eigenvalue weighted by Gasteiger charge is 2.17. The van der Waals surface area contributed by atoms with Gasteiger partial charge in [0, 0.05) is 13.1 Å². The van der Waals surface area contributed by atoms with E-state index >= 15 is 0 Å². The summed E-state index contributed by atoms with van der Waals surface area (Å²) in [5.41, 5.74) is -0.361. The third kappa shape index (κ3) is 7.30. The van der Waals surface area contributed by atoms with Crippen molar-refractivity contribution in [2.75, 3.05) is 32.9 Å². The van der Waals surface area contributed by atoms with Crippen LogP contribution in [0.25, 0.3) is 0 Å². The minimum atomic E-state index is -0.361. The summed E-state index contributed by atoms with van der Waals surface area (Å²) in [6.45, 7) is 5.81. The number of nitrogens with zero attached hydrogens (tertiary/aromatic N) is 1. The highest BCUT2D eigenvalue weighted by Crippen LogP contribution is 2.06. The Morgan fingerprint density at radius 1 is 1.20 bits per heavy atom. The molecule has 0 atom stereocenters. The van der Waals surface area contributed by atoms with Crippen molar-refractivity contribution in [1.29, 1.82) is 0 Å². The van der Waals surface area contributed by atoms with E-state index in [2.05, 4.69) is 0 Å². The molecule has 0 saturated heterocycles. The van der Waals surface area contributed by atoms with Crippen molar-refractivity contribution < 1.29 is 19.7 Å². The first-order valence-corrected chi connectivity index (χ1v) is 5.04. The summed E-state index contributed by atoms with van der Waals surface area (Å²) >= 11 is 0. The maximum atomic E-state index is 11.5. The number of ether oxygens (including phenoxy) is 1. The Labute approximate surface area is 90.6 Å². The Morgan fingerprint density at radius 2 is 1.67 bits per heavy atom. The molecule has 0 aromatic rings. The predicted octanol–water partition coefficient (Wildman–Crippen LogP) is -0.385. The average molecular weight is 219 g/mol. The lowest BCUT2D eigenvalue weighted by molar-refractivity contribution is -0.142. The molecule has 90 valence electrons. The second-order valence-corrected chi connectivity index (χ2v) is 4.23. The van der Waals surface area contributed by atoms with E-state index in [1.54, 1.807) is 0 Å². The summed E-state index contributed by atoms with van der Waals surface area (Å²) < 4.78 is 5.31. The molecule has 0 spiro atoms. The number of carbonyl (C=O) groups excluding carboxylic acids is 1. The van der Waals surface area contributed by atoms with Gasteiger partial charge in [0.05, 0.1) is 18.8 Å². The molecule has 15 heavy (non-hydrogen) atoms. The summed E-state index contributed by atoms with van der Waals surface area (Å²) in [6, 6.07) is 0. The van der Waals surface area contributed by atoms with Crippen molar-refractivity contribution in [3.05, 3.63) is 0 Å². The normalized spacial score (nSPS) is 11.5. The third-order valence-corrected chi connectivity index (χ3v) is 1.72. The molecule has 0 saturated carbocycles. The van der Waals surface area contributed by atoms with E-state index in [1.807, 2.05) is 20.8 Å². The standard InChI is InChI=1S/C10H21NO4/c1-10(2,3)15-8-9(14)11(4-6-12)5-7-13/h12-13H,4-8H2,1-3H3.